The minimum atomic E-state index is 0.901. The SMILES string of the molecule is Brc1cncc(Br)c1-c1nc2sc(-c3c(Br)cncc3Br)nc2s1. The zero-order valence-electron chi connectivity index (χ0n) is 11.4. The summed E-state index contributed by atoms with van der Waals surface area (Å²) >= 11 is 17.3. The second-order valence-electron chi connectivity index (χ2n) is 4.60. The van der Waals surface area contributed by atoms with Crippen molar-refractivity contribution < 1.29 is 0 Å². The van der Waals surface area contributed by atoms with Crippen molar-refractivity contribution in [3.63, 3.8) is 0 Å². The van der Waals surface area contributed by atoms with Gasteiger partial charge in [-0.15, -0.1) is 0 Å². The van der Waals surface area contributed by atoms with Crippen LogP contribution < -0.4 is 0 Å². The summed E-state index contributed by atoms with van der Waals surface area (Å²) in [6, 6.07) is 0. The maximum absolute atomic E-state index is 4.75. The van der Waals surface area contributed by atoms with E-state index in [9.17, 15) is 0 Å². The fraction of sp³-hybridized carbons (Fsp3) is 0. The topological polar surface area (TPSA) is 51.6 Å². The molecule has 0 N–H and O–H groups in total. The Hall–Kier alpha value is -0.260. The molecule has 0 atom stereocenters. The molecule has 0 radical (unpaired) electrons. The molecule has 24 heavy (non-hydrogen) atoms. The van der Waals surface area contributed by atoms with Crippen molar-refractivity contribution in [1.82, 2.24) is 19.9 Å². The van der Waals surface area contributed by atoms with Gasteiger partial charge in [0.1, 0.15) is 10.0 Å². The summed E-state index contributed by atoms with van der Waals surface area (Å²) in [6.07, 6.45) is 7.05. The molecular weight excluding hydrogens is 608 g/mol. The Kier molecular flexibility index (Phi) is 4.87. The first-order valence-corrected chi connectivity index (χ1v) is 11.2. The second-order valence-corrected chi connectivity index (χ2v) is 9.98. The number of rotatable bonds is 2. The summed E-state index contributed by atoms with van der Waals surface area (Å²) in [4.78, 5) is 19.6. The zero-order valence-corrected chi connectivity index (χ0v) is 19.4. The molecule has 4 aromatic heterocycles. The third kappa shape index (κ3) is 3.01. The van der Waals surface area contributed by atoms with Crippen molar-refractivity contribution >= 4 is 96.1 Å². The number of fused-ring (bicyclic) bond motifs is 1. The first kappa shape index (κ1) is 17.2. The smallest absolute Gasteiger partial charge is 0.155 e. The van der Waals surface area contributed by atoms with E-state index in [1.807, 2.05) is 0 Å². The van der Waals surface area contributed by atoms with Gasteiger partial charge < -0.3 is 0 Å². The molecule has 10 heteroatoms. The predicted octanol–water partition coefficient (Wildman–Crippen LogP) is 6.93. The minimum Gasteiger partial charge on any atom is -0.262 e. The van der Waals surface area contributed by atoms with Crippen molar-refractivity contribution in [1.29, 1.82) is 0 Å². The third-order valence-corrected chi connectivity index (χ3v) is 7.58. The number of thiazole rings is 2. The molecule has 0 saturated carbocycles. The molecule has 4 nitrogen and oxygen atoms in total. The first-order valence-electron chi connectivity index (χ1n) is 6.40. The average Bonchev–Trinajstić information content (AvgIpc) is 3.05. The van der Waals surface area contributed by atoms with E-state index in [4.69, 9.17) is 9.97 Å². The Morgan fingerprint density at radius 3 is 1.25 bits per heavy atom. The Morgan fingerprint density at radius 1 is 0.583 bits per heavy atom. The first-order chi connectivity index (χ1) is 11.5. The number of pyridine rings is 2. The number of hydrogen-bond acceptors (Lipinski definition) is 6. The van der Waals surface area contributed by atoms with Gasteiger partial charge in [-0.2, -0.15) is 0 Å². The van der Waals surface area contributed by atoms with Gasteiger partial charge in [0.15, 0.2) is 9.66 Å². The molecule has 0 bridgehead atoms. The molecule has 0 aliphatic rings. The van der Waals surface area contributed by atoms with E-state index in [-0.39, 0.29) is 0 Å². The third-order valence-electron chi connectivity index (χ3n) is 3.11. The maximum atomic E-state index is 4.75. The normalized spacial score (nSPS) is 11.3. The van der Waals surface area contributed by atoms with Crippen LogP contribution >= 0.6 is 86.4 Å². The Morgan fingerprint density at radius 2 is 0.917 bits per heavy atom. The monoisotopic (exact) mass is 608 g/mol. The predicted molar refractivity (Wildman–Crippen MR) is 113 cm³/mol. The number of halogens is 4. The highest BCUT2D eigenvalue weighted by molar-refractivity contribution is 9.11. The van der Waals surface area contributed by atoms with Crippen molar-refractivity contribution in [2.75, 3.05) is 0 Å². The summed E-state index contributed by atoms with van der Waals surface area (Å²) in [7, 11) is 0. The van der Waals surface area contributed by atoms with E-state index < -0.39 is 0 Å². The summed E-state index contributed by atoms with van der Waals surface area (Å²) < 4.78 is 3.60. The van der Waals surface area contributed by atoms with Crippen LogP contribution in [-0.2, 0) is 0 Å². The van der Waals surface area contributed by atoms with E-state index in [1.165, 1.54) is 0 Å². The van der Waals surface area contributed by atoms with Crippen molar-refractivity contribution in [2.24, 2.45) is 0 Å². The van der Waals surface area contributed by atoms with Crippen LogP contribution in [0.1, 0.15) is 0 Å². The molecule has 0 aliphatic heterocycles. The van der Waals surface area contributed by atoms with Crippen LogP contribution in [0.15, 0.2) is 42.7 Å². The van der Waals surface area contributed by atoms with Crippen LogP contribution in [-0.4, -0.2) is 19.9 Å². The molecule has 0 fully saturated rings. The molecule has 0 aromatic carbocycles. The van der Waals surface area contributed by atoms with E-state index >= 15 is 0 Å². The number of nitrogens with zero attached hydrogens (tertiary/aromatic N) is 4. The lowest BCUT2D eigenvalue weighted by Crippen LogP contribution is -1.84. The molecule has 4 aromatic rings. The number of hydrogen-bond donors (Lipinski definition) is 0. The summed E-state index contributed by atoms with van der Waals surface area (Å²) in [5.74, 6) is 0. The van der Waals surface area contributed by atoms with Crippen LogP contribution in [0, 0.1) is 0 Å². The fourth-order valence-electron chi connectivity index (χ4n) is 2.09. The largest absolute Gasteiger partial charge is 0.262 e. The number of aromatic nitrogens is 4. The van der Waals surface area contributed by atoms with Gasteiger partial charge in [0.25, 0.3) is 0 Å². The maximum Gasteiger partial charge on any atom is 0.155 e. The van der Waals surface area contributed by atoms with E-state index in [2.05, 4.69) is 73.7 Å². The van der Waals surface area contributed by atoms with Gasteiger partial charge >= 0.3 is 0 Å². The molecule has 4 rings (SSSR count). The van der Waals surface area contributed by atoms with Crippen molar-refractivity contribution in [3.8, 4) is 21.1 Å². The summed E-state index contributed by atoms with van der Waals surface area (Å²) in [5, 5.41) is 1.81. The van der Waals surface area contributed by atoms with Crippen LogP contribution in [0.4, 0.5) is 0 Å². The van der Waals surface area contributed by atoms with Gasteiger partial charge in [0.2, 0.25) is 0 Å². The molecule has 120 valence electrons. The lowest BCUT2D eigenvalue weighted by molar-refractivity contribution is 1.28. The zero-order chi connectivity index (χ0) is 16.8. The Bertz CT molecular complexity index is 923. The summed E-state index contributed by atoms with van der Waals surface area (Å²) in [5.41, 5.74) is 1.99. The van der Waals surface area contributed by atoms with Gasteiger partial charge in [-0.3, -0.25) is 9.97 Å². The Labute approximate surface area is 178 Å². The molecular formula is C14H4Br4N4S2. The highest BCUT2D eigenvalue weighted by atomic mass is 79.9. The summed E-state index contributed by atoms with van der Waals surface area (Å²) in [6.45, 7) is 0. The average molecular weight is 612 g/mol. The van der Waals surface area contributed by atoms with Crippen LogP contribution in [0.5, 0.6) is 0 Å². The molecule has 0 amide bonds. The molecule has 0 saturated heterocycles. The second kappa shape index (κ2) is 6.81. The van der Waals surface area contributed by atoms with E-state index in [0.717, 1.165) is 48.7 Å². The quantitative estimate of drug-likeness (QED) is 0.247. The van der Waals surface area contributed by atoms with E-state index in [1.54, 1.807) is 47.5 Å². The molecule has 0 spiro atoms. The van der Waals surface area contributed by atoms with Gasteiger partial charge in [-0.25, -0.2) is 9.97 Å². The molecule has 0 aliphatic carbocycles. The van der Waals surface area contributed by atoms with Crippen molar-refractivity contribution in [3.05, 3.63) is 42.7 Å². The lowest BCUT2D eigenvalue weighted by Gasteiger charge is -2.03. The van der Waals surface area contributed by atoms with E-state index in [0.29, 0.717) is 0 Å². The lowest BCUT2D eigenvalue weighted by atomic mass is 10.3. The van der Waals surface area contributed by atoms with Gasteiger partial charge in [-0.1, -0.05) is 22.7 Å². The van der Waals surface area contributed by atoms with Crippen LogP contribution in [0.3, 0.4) is 0 Å². The Balaban J connectivity index is 1.85. The standard InChI is InChI=1S/C14H4Br4N4S2/c15-5-1-19-2-6(16)9(5)11-21-13-14(23-11)22-12(24-13)10-7(17)3-20-4-8(10)18/h1-4H. The van der Waals surface area contributed by atoms with Gasteiger partial charge in [0.05, 0.1) is 0 Å². The highest BCUT2D eigenvalue weighted by Gasteiger charge is 2.19. The highest BCUT2D eigenvalue weighted by Crippen LogP contribution is 2.43. The molecule has 4 heterocycles. The fourth-order valence-corrected chi connectivity index (χ4v) is 7.41. The van der Waals surface area contributed by atoms with Gasteiger partial charge in [-0.05, 0) is 63.7 Å². The van der Waals surface area contributed by atoms with Crippen LogP contribution in [0.25, 0.3) is 30.8 Å². The van der Waals surface area contributed by atoms with Crippen molar-refractivity contribution in [2.45, 2.75) is 0 Å². The van der Waals surface area contributed by atoms with Gasteiger partial charge in [0, 0.05) is 53.8 Å². The van der Waals surface area contributed by atoms with Crippen LogP contribution in [0.2, 0.25) is 0 Å². The minimum absolute atomic E-state index is 0.901. The molecule has 0 unspecified atom stereocenters.